The molecule has 2 heterocycles. The van der Waals surface area contributed by atoms with Crippen molar-refractivity contribution in [3.8, 4) is 11.1 Å². The molecule has 0 aliphatic heterocycles. The Morgan fingerprint density at radius 3 is 2.72 bits per heavy atom. The summed E-state index contributed by atoms with van der Waals surface area (Å²) in [5, 5.41) is 7.94. The van der Waals surface area contributed by atoms with Gasteiger partial charge in [0, 0.05) is 22.8 Å². The predicted molar refractivity (Wildman–Crippen MR) is 115 cm³/mol. The van der Waals surface area contributed by atoms with Gasteiger partial charge in [-0.3, -0.25) is 14.8 Å². The number of hydrogen-bond acceptors (Lipinski definition) is 4. The molecule has 0 spiro atoms. The highest BCUT2D eigenvalue weighted by Gasteiger charge is 2.19. The van der Waals surface area contributed by atoms with Gasteiger partial charge in [0.2, 0.25) is 0 Å². The zero-order valence-electron chi connectivity index (χ0n) is 15.8. The average Bonchev–Trinajstić information content (AvgIpc) is 3.47. The number of amides is 1. The van der Waals surface area contributed by atoms with Crippen molar-refractivity contribution < 1.29 is 4.79 Å². The van der Waals surface area contributed by atoms with Crippen molar-refractivity contribution in [1.82, 2.24) is 14.8 Å². The Morgan fingerprint density at radius 2 is 1.93 bits per heavy atom. The van der Waals surface area contributed by atoms with Gasteiger partial charge in [-0.1, -0.05) is 42.5 Å². The fraction of sp³-hybridized carbons (Fsp3) is 0.174. The molecule has 5 nitrogen and oxygen atoms in total. The lowest BCUT2D eigenvalue weighted by Crippen LogP contribution is -2.13. The molecule has 0 saturated carbocycles. The number of carbonyl (C=O) groups is 1. The van der Waals surface area contributed by atoms with Gasteiger partial charge < -0.3 is 0 Å². The first-order valence-corrected chi connectivity index (χ1v) is 10.5. The number of rotatable bonds is 5. The molecule has 6 heteroatoms. The molecule has 2 aromatic carbocycles. The van der Waals surface area contributed by atoms with E-state index in [1.54, 1.807) is 17.5 Å². The van der Waals surface area contributed by atoms with Gasteiger partial charge >= 0.3 is 0 Å². The lowest BCUT2D eigenvalue weighted by atomic mass is 9.98. The number of aryl methyl sites for hydroxylation is 2. The zero-order chi connectivity index (χ0) is 19.6. The summed E-state index contributed by atoms with van der Waals surface area (Å²) in [4.78, 5) is 18.8. The second-order valence-electron chi connectivity index (χ2n) is 7.14. The summed E-state index contributed by atoms with van der Waals surface area (Å²) in [6.07, 6.45) is 6.98. The molecule has 5 rings (SSSR count). The Morgan fingerprint density at radius 1 is 1.07 bits per heavy atom. The van der Waals surface area contributed by atoms with E-state index < -0.39 is 0 Å². The molecular formula is C23H20N4OS. The van der Waals surface area contributed by atoms with Crippen LogP contribution in [0.5, 0.6) is 0 Å². The summed E-state index contributed by atoms with van der Waals surface area (Å²) in [5.41, 5.74) is 4.90. The van der Waals surface area contributed by atoms with Gasteiger partial charge in [0.1, 0.15) is 0 Å². The highest BCUT2D eigenvalue weighted by molar-refractivity contribution is 7.16. The summed E-state index contributed by atoms with van der Waals surface area (Å²) in [7, 11) is 0. The van der Waals surface area contributed by atoms with Crippen LogP contribution in [0.25, 0.3) is 11.1 Å². The Bertz CT molecular complexity index is 1120. The van der Waals surface area contributed by atoms with E-state index in [-0.39, 0.29) is 5.91 Å². The van der Waals surface area contributed by atoms with E-state index >= 15 is 0 Å². The summed E-state index contributed by atoms with van der Waals surface area (Å²) in [6, 6.07) is 17.9. The van der Waals surface area contributed by atoms with E-state index in [0.29, 0.717) is 10.7 Å². The smallest absolute Gasteiger partial charge is 0.258 e. The maximum atomic E-state index is 13.0. The van der Waals surface area contributed by atoms with Gasteiger partial charge in [-0.05, 0) is 48.1 Å². The van der Waals surface area contributed by atoms with Crippen molar-refractivity contribution >= 4 is 22.4 Å². The standard InChI is InChI=1S/C23H20N4OS/c28-22(26-23-25-20-7-3-8-21(20)29-23)19-6-2-1-5-18(19)17-11-9-16(10-12-17)15-27-14-4-13-24-27/h1-2,4-6,9-14H,3,7-8,15H2,(H,25,26,28). The van der Waals surface area contributed by atoms with Crippen LogP contribution in [0, 0.1) is 0 Å². The first-order valence-electron chi connectivity index (χ1n) is 9.72. The number of nitrogens with one attached hydrogen (secondary N) is 1. The molecule has 0 saturated heterocycles. The molecular weight excluding hydrogens is 380 g/mol. The Balaban J connectivity index is 1.37. The van der Waals surface area contributed by atoms with E-state index in [0.717, 1.165) is 41.8 Å². The number of hydrogen-bond donors (Lipinski definition) is 1. The number of aromatic nitrogens is 3. The number of anilines is 1. The zero-order valence-corrected chi connectivity index (χ0v) is 16.7. The largest absolute Gasteiger partial charge is 0.298 e. The number of carbonyl (C=O) groups excluding carboxylic acids is 1. The highest BCUT2D eigenvalue weighted by atomic mass is 32.1. The van der Waals surface area contributed by atoms with Crippen LogP contribution in [0.1, 0.15) is 32.9 Å². The van der Waals surface area contributed by atoms with E-state index in [1.807, 2.05) is 41.2 Å². The monoisotopic (exact) mass is 400 g/mol. The maximum absolute atomic E-state index is 13.0. The molecule has 1 aliphatic carbocycles. The first kappa shape index (κ1) is 17.8. The third kappa shape index (κ3) is 3.71. The molecule has 2 aromatic heterocycles. The van der Waals surface area contributed by atoms with Crippen molar-refractivity contribution in [2.75, 3.05) is 5.32 Å². The Kier molecular flexibility index (Phi) is 4.69. The van der Waals surface area contributed by atoms with Crippen molar-refractivity contribution in [1.29, 1.82) is 0 Å². The molecule has 0 unspecified atom stereocenters. The van der Waals surface area contributed by atoms with Crippen LogP contribution in [-0.4, -0.2) is 20.7 Å². The third-order valence-electron chi connectivity index (χ3n) is 5.16. The summed E-state index contributed by atoms with van der Waals surface area (Å²) in [6.45, 7) is 0.726. The van der Waals surface area contributed by atoms with E-state index in [4.69, 9.17) is 0 Å². The summed E-state index contributed by atoms with van der Waals surface area (Å²) >= 11 is 1.60. The van der Waals surface area contributed by atoms with Gasteiger partial charge in [0.05, 0.1) is 12.2 Å². The molecule has 4 aromatic rings. The van der Waals surface area contributed by atoms with Gasteiger partial charge in [0.25, 0.3) is 5.91 Å². The van der Waals surface area contributed by atoms with Gasteiger partial charge in [-0.25, -0.2) is 4.98 Å². The second kappa shape index (κ2) is 7.64. The molecule has 1 amide bonds. The quantitative estimate of drug-likeness (QED) is 0.524. The minimum atomic E-state index is -0.117. The topological polar surface area (TPSA) is 59.8 Å². The number of fused-ring (bicyclic) bond motifs is 1. The minimum absolute atomic E-state index is 0.117. The molecule has 0 fully saturated rings. The summed E-state index contributed by atoms with van der Waals surface area (Å²) in [5.74, 6) is -0.117. The first-order chi connectivity index (χ1) is 14.3. The fourth-order valence-corrected chi connectivity index (χ4v) is 4.76. The third-order valence-corrected chi connectivity index (χ3v) is 6.23. The Hall–Kier alpha value is -3.25. The van der Waals surface area contributed by atoms with Crippen molar-refractivity contribution in [3.05, 3.63) is 88.7 Å². The number of benzene rings is 2. The normalized spacial score (nSPS) is 12.7. The van der Waals surface area contributed by atoms with Crippen molar-refractivity contribution in [2.45, 2.75) is 25.8 Å². The van der Waals surface area contributed by atoms with Crippen molar-refractivity contribution in [3.63, 3.8) is 0 Å². The van der Waals surface area contributed by atoms with Gasteiger partial charge in [0.15, 0.2) is 5.13 Å². The SMILES string of the molecule is O=C(Nc1nc2c(s1)CCC2)c1ccccc1-c1ccc(Cn2cccn2)cc1. The molecule has 144 valence electrons. The lowest BCUT2D eigenvalue weighted by Gasteiger charge is -2.10. The van der Waals surface area contributed by atoms with Gasteiger partial charge in [-0.2, -0.15) is 5.10 Å². The average molecular weight is 401 g/mol. The van der Waals surface area contributed by atoms with Crippen LogP contribution >= 0.6 is 11.3 Å². The maximum Gasteiger partial charge on any atom is 0.258 e. The molecule has 0 radical (unpaired) electrons. The van der Waals surface area contributed by atoms with Crippen LogP contribution in [0.4, 0.5) is 5.13 Å². The number of thiazole rings is 1. The molecule has 0 atom stereocenters. The second-order valence-corrected chi connectivity index (χ2v) is 8.23. The molecule has 1 aliphatic rings. The van der Waals surface area contributed by atoms with Gasteiger partial charge in [-0.15, -0.1) is 11.3 Å². The van der Waals surface area contributed by atoms with Crippen LogP contribution < -0.4 is 5.32 Å². The lowest BCUT2D eigenvalue weighted by molar-refractivity contribution is 0.102. The van der Waals surface area contributed by atoms with Crippen LogP contribution in [0.2, 0.25) is 0 Å². The minimum Gasteiger partial charge on any atom is -0.298 e. The van der Waals surface area contributed by atoms with E-state index in [1.165, 1.54) is 11.3 Å². The number of nitrogens with zero attached hydrogens (tertiary/aromatic N) is 3. The van der Waals surface area contributed by atoms with Crippen molar-refractivity contribution in [2.24, 2.45) is 0 Å². The predicted octanol–water partition coefficient (Wildman–Crippen LogP) is 4.80. The molecule has 1 N–H and O–H groups in total. The fourth-order valence-electron chi connectivity index (χ4n) is 3.71. The highest BCUT2D eigenvalue weighted by Crippen LogP contribution is 2.31. The Labute approximate surface area is 173 Å². The molecule has 29 heavy (non-hydrogen) atoms. The van der Waals surface area contributed by atoms with E-state index in [2.05, 4.69) is 39.7 Å². The van der Waals surface area contributed by atoms with Crippen LogP contribution in [-0.2, 0) is 19.4 Å². The van der Waals surface area contributed by atoms with Crippen LogP contribution in [0.15, 0.2) is 67.0 Å². The van der Waals surface area contributed by atoms with Crippen LogP contribution in [0.3, 0.4) is 0 Å². The summed E-state index contributed by atoms with van der Waals surface area (Å²) < 4.78 is 1.89. The molecule has 0 bridgehead atoms. The van der Waals surface area contributed by atoms with E-state index in [9.17, 15) is 4.79 Å².